The van der Waals surface area contributed by atoms with Crippen LogP contribution in [0.2, 0.25) is 0 Å². The van der Waals surface area contributed by atoms with Gasteiger partial charge in [0, 0.05) is 23.3 Å². The van der Waals surface area contributed by atoms with Crippen LogP contribution in [0.4, 0.5) is 10.1 Å². The van der Waals surface area contributed by atoms with Crippen LogP contribution in [-0.4, -0.2) is 14.7 Å². The molecule has 1 N–H and O–H groups in total. The van der Waals surface area contributed by atoms with E-state index in [0.717, 1.165) is 34.8 Å². The summed E-state index contributed by atoms with van der Waals surface area (Å²) in [6.45, 7) is 6.38. The average Bonchev–Trinajstić information content (AvgIpc) is 3.35. The third kappa shape index (κ3) is 3.78. The Kier molecular flexibility index (Phi) is 5.92. The maximum absolute atomic E-state index is 15.0. The molecule has 0 saturated carbocycles. The Balaban J connectivity index is 1.67. The van der Waals surface area contributed by atoms with Crippen molar-refractivity contribution in [1.29, 1.82) is 0 Å². The van der Waals surface area contributed by atoms with Gasteiger partial charge in [0.15, 0.2) is 5.11 Å². The molecule has 1 saturated heterocycles. The van der Waals surface area contributed by atoms with Gasteiger partial charge in [-0.3, -0.25) is 4.98 Å². The third-order valence-corrected chi connectivity index (χ3v) is 6.92. The second kappa shape index (κ2) is 9.03. The van der Waals surface area contributed by atoms with E-state index in [1.165, 1.54) is 11.6 Å². The molecule has 0 spiro atoms. The van der Waals surface area contributed by atoms with Crippen molar-refractivity contribution in [1.82, 2.24) is 14.9 Å². The third-order valence-electron chi connectivity index (χ3n) is 6.60. The highest BCUT2D eigenvalue weighted by Crippen LogP contribution is 2.44. The van der Waals surface area contributed by atoms with Gasteiger partial charge >= 0.3 is 0 Å². The van der Waals surface area contributed by atoms with Gasteiger partial charge in [0.1, 0.15) is 5.82 Å². The summed E-state index contributed by atoms with van der Waals surface area (Å²) in [6, 6.07) is 23.0. The minimum atomic E-state index is -0.303. The minimum absolute atomic E-state index is 0.218. The van der Waals surface area contributed by atoms with Crippen LogP contribution in [0.5, 0.6) is 0 Å². The molecule has 0 unspecified atom stereocenters. The lowest BCUT2D eigenvalue weighted by Crippen LogP contribution is -2.30. The molecule has 6 heteroatoms. The van der Waals surface area contributed by atoms with E-state index in [4.69, 9.17) is 12.2 Å². The van der Waals surface area contributed by atoms with Gasteiger partial charge in [-0.25, -0.2) is 4.39 Å². The first-order chi connectivity index (χ1) is 16.5. The lowest BCUT2D eigenvalue weighted by atomic mass is 9.96. The molecule has 0 radical (unpaired) electrons. The number of pyridine rings is 1. The lowest BCUT2D eigenvalue weighted by molar-refractivity contribution is 0.556. The Morgan fingerprint density at radius 3 is 2.41 bits per heavy atom. The molecule has 4 aromatic rings. The van der Waals surface area contributed by atoms with Gasteiger partial charge in [-0.2, -0.15) is 0 Å². The van der Waals surface area contributed by atoms with Crippen molar-refractivity contribution >= 4 is 23.0 Å². The average molecular weight is 471 g/mol. The maximum Gasteiger partial charge on any atom is 0.174 e. The van der Waals surface area contributed by atoms with Gasteiger partial charge in [-0.05, 0) is 86.1 Å². The lowest BCUT2D eigenvalue weighted by Gasteiger charge is -2.28. The molecule has 172 valence electrons. The molecule has 4 nitrogen and oxygen atoms in total. The molecule has 0 bridgehead atoms. The molecular formula is C28H27FN4S. The van der Waals surface area contributed by atoms with Crippen molar-refractivity contribution in [3.63, 3.8) is 0 Å². The number of aromatic nitrogens is 2. The zero-order chi connectivity index (χ0) is 23.8. The fraction of sp³-hybridized carbons (Fsp3) is 0.214. The molecule has 0 amide bonds. The number of aryl methyl sites for hydroxylation is 2. The fourth-order valence-corrected chi connectivity index (χ4v) is 5.28. The Morgan fingerprint density at radius 2 is 1.74 bits per heavy atom. The summed E-state index contributed by atoms with van der Waals surface area (Å²) in [5.74, 6) is -0.303. The topological polar surface area (TPSA) is 33.1 Å². The number of benzene rings is 2. The van der Waals surface area contributed by atoms with Crippen LogP contribution in [0, 0.1) is 19.7 Å². The van der Waals surface area contributed by atoms with Crippen molar-refractivity contribution in [2.24, 2.45) is 0 Å². The number of halogens is 1. The standard InChI is InChI=1S/C28H27FN4S/c1-4-20-12-14-21(15-13-20)32-18(2)17-22(19(32)3)27-26(24-10-7-8-16-30-24)31-28(34)33(27)25-11-6-5-9-23(25)29/h5-17,26-27H,4H2,1-3H3,(H,31,34)/t26-,27+/m1/s1. The number of nitrogens with zero attached hydrogens (tertiary/aromatic N) is 3. The number of anilines is 1. The maximum atomic E-state index is 15.0. The summed E-state index contributed by atoms with van der Waals surface area (Å²) < 4.78 is 17.3. The Labute approximate surface area is 205 Å². The molecule has 5 rings (SSSR count). The number of para-hydroxylation sites is 1. The first kappa shape index (κ1) is 22.3. The van der Waals surface area contributed by atoms with E-state index in [0.29, 0.717) is 10.8 Å². The number of hydrogen-bond donors (Lipinski definition) is 1. The van der Waals surface area contributed by atoms with Crippen molar-refractivity contribution < 1.29 is 4.39 Å². The van der Waals surface area contributed by atoms with Crippen molar-refractivity contribution in [2.75, 3.05) is 4.90 Å². The summed E-state index contributed by atoms with van der Waals surface area (Å²) in [5.41, 5.74) is 7.04. The number of nitrogens with one attached hydrogen (secondary N) is 1. The SMILES string of the molecule is CCc1ccc(-n2c(C)cc([C@H]3[C@@H](c4ccccn4)NC(=S)N3c3ccccc3F)c2C)cc1. The minimum Gasteiger partial charge on any atom is -0.351 e. The van der Waals surface area contributed by atoms with Crippen LogP contribution < -0.4 is 10.2 Å². The molecule has 2 aromatic carbocycles. The van der Waals surface area contributed by atoms with Gasteiger partial charge < -0.3 is 14.8 Å². The highest BCUT2D eigenvalue weighted by atomic mass is 32.1. The van der Waals surface area contributed by atoms with Gasteiger partial charge in [-0.15, -0.1) is 0 Å². The highest BCUT2D eigenvalue weighted by Gasteiger charge is 2.43. The van der Waals surface area contributed by atoms with Gasteiger partial charge in [0.05, 0.1) is 23.5 Å². The van der Waals surface area contributed by atoms with E-state index >= 15 is 4.39 Å². The van der Waals surface area contributed by atoms with Crippen molar-refractivity contribution in [3.05, 3.63) is 113 Å². The second-order valence-electron chi connectivity index (χ2n) is 8.63. The van der Waals surface area contributed by atoms with Crippen molar-refractivity contribution in [3.8, 4) is 5.69 Å². The zero-order valence-corrected chi connectivity index (χ0v) is 20.3. The normalized spacial score (nSPS) is 17.8. The van der Waals surface area contributed by atoms with Gasteiger partial charge in [0.2, 0.25) is 0 Å². The summed E-state index contributed by atoms with van der Waals surface area (Å²) in [4.78, 5) is 6.51. The smallest absolute Gasteiger partial charge is 0.174 e. The number of hydrogen-bond acceptors (Lipinski definition) is 2. The first-order valence-electron chi connectivity index (χ1n) is 11.5. The van der Waals surface area contributed by atoms with E-state index in [1.54, 1.807) is 18.3 Å². The van der Waals surface area contributed by atoms with Crippen LogP contribution in [0.1, 0.15) is 47.2 Å². The molecule has 1 aliphatic rings. The van der Waals surface area contributed by atoms with Crippen molar-refractivity contribution in [2.45, 2.75) is 39.3 Å². The van der Waals surface area contributed by atoms with Gasteiger partial charge in [0.25, 0.3) is 0 Å². The van der Waals surface area contributed by atoms with Crippen LogP contribution in [0.15, 0.2) is 79.0 Å². The van der Waals surface area contributed by atoms with E-state index in [1.807, 2.05) is 29.2 Å². The Bertz CT molecular complexity index is 1330. The van der Waals surface area contributed by atoms with Crippen LogP contribution in [0.25, 0.3) is 5.69 Å². The van der Waals surface area contributed by atoms with Gasteiger partial charge in [-0.1, -0.05) is 37.3 Å². The first-order valence-corrected chi connectivity index (χ1v) is 11.9. The predicted molar refractivity (Wildman–Crippen MR) is 139 cm³/mol. The summed E-state index contributed by atoms with van der Waals surface area (Å²) >= 11 is 5.75. The molecular weight excluding hydrogens is 443 g/mol. The van der Waals surface area contributed by atoms with Crippen LogP contribution >= 0.6 is 12.2 Å². The number of rotatable bonds is 5. The summed E-state index contributed by atoms with van der Waals surface area (Å²) in [7, 11) is 0. The van der Waals surface area contributed by atoms with Crippen LogP contribution in [0.3, 0.4) is 0 Å². The zero-order valence-electron chi connectivity index (χ0n) is 19.5. The highest BCUT2D eigenvalue weighted by molar-refractivity contribution is 7.80. The second-order valence-corrected chi connectivity index (χ2v) is 9.02. The fourth-order valence-electron chi connectivity index (χ4n) is 4.94. The molecule has 2 aromatic heterocycles. The van der Waals surface area contributed by atoms with E-state index in [2.05, 4.69) is 66.0 Å². The molecule has 2 atom stereocenters. The van der Waals surface area contributed by atoms with E-state index in [9.17, 15) is 0 Å². The summed E-state index contributed by atoms with van der Waals surface area (Å²) in [6.07, 6.45) is 2.78. The predicted octanol–water partition coefficient (Wildman–Crippen LogP) is 6.37. The monoisotopic (exact) mass is 470 g/mol. The molecule has 1 aliphatic heterocycles. The molecule has 1 fully saturated rings. The Hall–Kier alpha value is -3.51. The molecule has 34 heavy (non-hydrogen) atoms. The van der Waals surface area contributed by atoms with E-state index in [-0.39, 0.29) is 17.9 Å². The molecule has 3 heterocycles. The molecule has 0 aliphatic carbocycles. The Morgan fingerprint density at radius 1 is 1.00 bits per heavy atom. The quantitative estimate of drug-likeness (QED) is 0.344. The van der Waals surface area contributed by atoms with E-state index < -0.39 is 0 Å². The number of thiocarbonyl (C=S) groups is 1. The van der Waals surface area contributed by atoms with Crippen LogP contribution in [-0.2, 0) is 6.42 Å². The largest absolute Gasteiger partial charge is 0.351 e. The summed E-state index contributed by atoms with van der Waals surface area (Å²) in [5, 5.41) is 3.91.